The molecule has 0 fully saturated rings. The van der Waals surface area contributed by atoms with Crippen molar-refractivity contribution in [2.75, 3.05) is 13.2 Å². The number of aryl methyl sites for hydroxylation is 2. The minimum atomic E-state index is -0.524. The van der Waals surface area contributed by atoms with Crippen molar-refractivity contribution in [3.63, 3.8) is 0 Å². The number of oxazole rings is 1. The fraction of sp³-hybridized carbons (Fsp3) is 0.478. The number of hydrogen-bond donors (Lipinski definition) is 1. The fourth-order valence-electron chi connectivity index (χ4n) is 2.55. The third-order valence-corrected chi connectivity index (χ3v) is 3.81. The number of rotatable bonds is 7. The summed E-state index contributed by atoms with van der Waals surface area (Å²) in [6.07, 6.45) is 2.65. The van der Waals surface area contributed by atoms with Crippen LogP contribution in [0.4, 0.5) is 4.79 Å². The zero-order valence-electron chi connectivity index (χ0n) is 18.7. The first-order chi connectivity index (χ1) is 14.6. The van der Waals surface area contributed by atoms with Crippen LogP contribution in [0, 0.1) is 25.7 Å². The molecule has 0 bridgehead atoms. The molecule has 0 atom stereocenters. The second kappa shape index (κ2) is 11.2. The van der Waals surface area contributed by atoms with Crippen LogP contribution in [0.2, 0.25) is 0 Å². The van der Waals surface area contributed by atoms with Gasteiger partial charge in [-0.15, -0.1) is 0 Å². The second-order valence-corrected chi connectivity index (χ2v) is 7.99. The van der Waals surface area contributed by atoms with Gasteiger partial charge < -0.3 is 19.2 Å². The van der Waals surface area contributed by atoms with Gasteiger partial charge in [0.2, 0.25) is 0 Å². The number of alkyl carbamates (subject to hydrolysis) is 1. The number of esters is 1. The standard InChI is InChI=1S/C23H29N3O5/c1-16-13-18(9-7-6-8-11-24-22(28)31-23(3,4)5)26-19(14-16)10-12-29-21(27)20-15-30-17(2)25-20/h13-15H,6,8,10-12H2,1-5H3,(H,24,28). The second-order valence-electron chi connectivity index (χ2n) is 7.99. The van der Waals surface area contributed by atoms with Crippen molar-refractivity contribution in [1.82, 2.24) is 15.3 Å². The Hall–Kier alpha value is -3.34. The van der Waals surface area contributed by atoms with Crippen LogP contribution < -0.4 is 5.32 Å². The van der Waals surface area contributed by atoms with E-state index in [1.54, 1.807) is 6.92 Å². The number of nitrogens with zero attached hydrogens (tertiary/aromatic N) is 2. The van der Waals surface area contributed by atoms with Gasteiger partial charge in [0, 0.05) is 32.0 Å². The molecule has 1 N–H and O–H groups in total. The molecule has 2 rings (SSSR count). The molecule has 0 saturated heterocycles. The van der Waals surface area contributed by atoms with Gasteiger partial charge in [-0.3, -0.25) is 0 Å². The minimum absolute atomic E-state index is 0.155. The maximum atomic E-state index is 11.9. The third kappa shape index (κ3) is 9.34. The maximum absolute atomic E-state index is 11.9. The molecule has 0 radical (unpaired) electrons. The van der Waals surface area contributed by atoms with Crippen LogP contribution in [-0.4, -0.2) is 40.8 Å². The summed E-state index contributed by atoms with van der Waals surface area (Å²) in [5, 5.41) is 2.71. The number of ether oxygens (including phenoxy) is 2. The highest BCUT2D eigenvalue weighted by molar-refractivity contribution is 5.86. The Labute approximate surface area is 182 Å². The quantitative estimate of drug-likeness (QED) is 0.408. The largest absolute Gasteiger partial charge is 0.460 e. The number of aromatic nitrogens is 2. The summed E-state index contributed by atoms with van der Waals surface area (Å²) in [5.41, 5.74) is 2.13. The molecular formula is C23H29N3O5. The highest BCUT2D eigenvalue weighted by Gasteiger charge is 2.15. The molecule has 0 aliphatic heterocycles. The predicted molar refractivity (Wildman–Crippen MR) is 115 cm³/mol. The Morgan fingerprint density at radius 1 is 1.19 bits per heavy atom. The molecule has 1 amide bonds. The van der Waals surface area contributed by atoms with Gasteiger partial charge in [-0.05, 0) is 57.7 Å². The van der Waals surface area contributed by atoms with Crippen LogP contribution in [-0.2, 0) is 15.9 Å². The molecule has 0 aliphatic rings. The monoisotopic (exact) mass is 427 g/mol. The average Bonchev–Trinajstić information content (AvgIpc) is 3.09. The molecule has 8 heteroatoms. The zero-order valence-corrected chi connectivity index (χ0v) is 18.7. The summed E-state index contributed by atoms with van der Waals surface area (Å²) in [5.74, 6) is 6.00. The minimum Gasteiger partial charge on any atom is -0.460 e. The highest BCUT2D eigenvalue weighted by atomic mass is 16.6. The van der Waals surface area contributed by atoms with Crippen molar-refractivity contribution in [2.24, 2.45) is 0 Å². The molecule has 0 aliphatic carbocycles. The Morgan fingerprint density at radius 2 is 1.97 bits per heavy atom. The molecule has 0 spiro atoms. The van der Waals surface area contributed by atoms with Crippen molar-refractivity contribution in [1.29, 1.82) is 0 Å². The van der Waals surface area contributed by atoms with Crippen LogP contribution >= 0.6 is 0 Å². The number of pyridine rings is 1. The number of unbranched alkanes of at least 4 members (excludes halogenated alkanes) is 1. The van der Waals surface area contributed by atoms with Gasteiger partial charge in [-0.2, -0.15) is 0 Å². The number of carbonyl (C=O) groups excluding carboxylic acids is 2. The third-order valence-electron chi connectivity index (χ3n) is 3.81. The summed E-state index contributed by atoms with van der Waals surface area (Å²) in [4.78, 5) is 31.9. The Bertz CT molecular complexity index is 964. The summed E-state index contributed by atoms with van der Waals surface area (Å²) in [6, 6.07) is 3.84. The lowest BCUT2D eigenvalue weighted by atomic mass is 10.2. The zero-order chi connectivity index (χ0) is 22.9. The van der Waals surface area contributed by atoms with Crippen molar-refractivity contribution in [3.05, 3.63) is 46.9 Å². The predicted octanol–water partition coefficient (Wildman–Crippen LogP) is 3.74. The summed E-state index contributed by atoms with van der Waals surface area (Å²) < 4.78 is 15.4. The number of amides is 1. The van der Waals surface area contributed by atoms with E-state index in [1.807, 2.05) is 39.8 Å². The summed E-state index contributed by atoms with van der Waals surface area (Å²) >= 11 is 0. The van der Waals surface area contributed by atoms with E-state index in [-0.39, 0.29) is 12.3 Å². The van der Waals surface area contributed by atoms with E-state index in [0.717, 1.165) is 11.3 Å². The molecule has 2 aromatic heterocycles. The van der Waals surface area contributed by atoms with Gasteiger partial charge >= 0.3 is 12.1 Å². The van der Waals surface area contributed by atoms with E-state index in [1.165, 1.54) is 6.26 Å². The fourth-order valence-corrected chi connectivity index (χ4v) is 2.55. The lowest BCUT2D eigenvalue weighted by Gasteiger charge is -2.19. The van der Waals surface area contributed by atoms with Crippen LogP contribution in [0.3, 0.4) is 0 Å². The number of hydrogen-bond acceptors (Lipinski definition) is 7. The van der Waals surface area contributed by atoms with E-state index >= 15 is 0 Å². The Balaban J connectivity index is 1.77. The molecule has 0 saturated carbocycles. The van der Waals surface area contributed by atoms with Crippen molar-refractivity contribution < 1.29 is 23.5 Å². The molecule has 31 heavy (non-hydrogen) atoms. The Morgan fingerprint density at radius 3 is 2.65 bits per heavy atom. The normalized spacial score (nSPS) is 10.7. The maximum Gasteiger partial charge on any atom is 0.407 e. The number of carbonyl (C=O) groups is 2. The molecule has 2 heterocycles. The topological polar surface area (TPSA) is 104 Å². The van der Waals surface area contributed by atoms with E-state index in [2.05, 4.69) is 27.1 Å². The molecular weight excluding hydrogens is 398 g/mol. The van der Waals surface area contributed by atoms with Crippen LogP contribution in [0.5, 0.6) is 0 Å². The van der Waals surface area contributed by atoms with E-state index < -0.39 is 17.7 Å². The summed E-state index contributed by atoms with van der Waals surface area (Å²) in [6.45, 7) is 9.77. The van der Waals surface area contributed by atoms with Crippen molar-refractivity contribution in [2.45, 2.75) is 59.5 Å². The van der Waals surface area contributed by atoms with Crippen LogP contribution in [0.15, 0.2) is 22.8 Å². The molecule has 166 valence electrons. The average molecular weight is 428 g/mol. The smallest absolute Gasteiger partial charge is 0.407 e. The van der Waals surface area contributed by atoms with Crippen molar-refractivity contribution >= 4 is 12.1 Å². The van der Waals surface area contributed by atoms with Gasteiger partial charge in [-0.25, -0.2) is 19.6 Å². The van der Waals surface area contributed by atoms with Crippen LogP contribution in [0.1, 0.15) is 66.9 Å². The van der Waals surface area contributed by atoms with Gasteiger partial charge in [-0.1, -0.05) is 5.92 Å². The van der Waals surface area contributed by atoms with E-state index in [9.17, 15) is 9.59 Å². The molecule has 2 aromatic rings. The van der Waals surface area contributed by atoms with Gasteiger partial charge in [0.25, 0.3) is 0 Å². The highest BCUT2D eigenvalue weighted by Crippen LogP contribution is 2.08. The first-order valence-corrected chi connectivity index (χ1v) is 10.1. The van der Waals surface area contributed by atoms with Gasteiger partial charge in [0.15, 0.2) is 11.6 Å². The van der Waals surface area contributed by atoms with E-state index in [0.29, 0.717) is 37.4 Å². The summed E-state index contributed by atoms with van der Waals surface area (Å²) in [7, 11) is 0. The Kier molecular flexibility index (Phi) is 8.62. The molecule has 0 unspecified atom stereocenters. The van der Waals surface area contributed by atoms with E-state index in [4.69, 9.17) is 13.9 Å². The molecule has 8 nitrogen and oxygen atoms in total. The lowest BCUT2D eigenvalue weighted by Crippen LogP contribution is -2.32. The van der Waals surface area contributed by atoms with Gasteiger partial charge in [0.1, 0.15) is 17.6 Å². The van der Waals surface area contributed by atoms with Crippen LogP contribution in [0.25, 0.3) is 0 Å². The number of nitrogens with one attached hydrogen (secondary N) is 1. The first-order valence-electron chi connectivity index (χ1n) is 10.1. The van der Waals surface area contributed by atoms with Gasteiger partial charge in [0.05, 0.1) is 6.61 Å². The molecule has 0 aromatic carbocycles. The lowest BCUT2D eigenvalue weighted by molar-refractivity contribution is 0.0497. The van der Waals surface area contributed by atoms with Crippen molar-refractivity contribution in [3.8, 4) is 11.8 Å². The first kappa shape index (κ1) is 23.9. The SMILES string of the molecule is Cc1cc(C#CCCCNC(=O)OC(C)(C)C)nc(CCOC(=O)c2coc(C)n2)c1.